The molecule has 1 heterocycles. The molecular formula is C12H8F3NO3. The first-order valence-electron chi connectivity index (χ1n) is 5.19. The minimum atomic E-state index is -4.34. The van der Waals surface area contributed by atoms with Crippen molar-refractivity contribution in [1.29, 1.82) is 0 Å². The number of pyridine rings is 1. The molecule has 0 fully saturated rings. The first kappa shape index (κ1) is 13.1. The lowest BCUT2D eigenvalue weighted by Gasteiger charge is -2.14. The summed E-state index contributed by atoms with van der Waals surface area (Å²) in [5, 5.41) is 8.53. The average Bonchev–Trinajstić information content (AvgIpc) is 2.30. The van der Waals surface area contributed by atoms with Crippen molar-refractivity contribution in [3.8, 4) is 0 Å². The molecule has 0 saturated carbocycles. The van der Waals surface area contributed by atoms with Gasteiger partial charge in [0.25, 0.3) is 5.56 Å². The van der Waals surface area contributed by atoms with Crippen LogP contribution in [0.4, 0.5) is 13.2 Å². The summed E-state index contributed by atoms with van der Waals surface area (Å²) in [5.74, 6) is -7.44. The molecule has 0 aliphatic carbocycles. The fourth-order valence-corrected chi connectivity index (χ4v) is 1.91. The molecule has 19 heavy (non-hydrogen) atoms. The Balaban J connectivity index is 2.90. The number of halogens is 3. The van der Waals surface area contributed by atoms with E-state index in [2.05, 4.69) is 4.98 Å². The van der Waals surface area contributed by atoms with Crippen molar-refractivity contribution in [2.75, 3.05) is 0 Å². The standard InChI is InChI=1S/C12H8F3NO3/c1-5-7-4-6(13)2-3-8(7)16-10(17)9(5)12(14,15)11(18)19/h2-4H,1H3,(H,16,17)(H,18,19). The number of rotatable bonds is 2. The number of carbonyl (C=O) groups is 1. The van der Waals surface area contributed by atoms with Gasteiger partial charge < -0.3 is 10.1 Å². The highest BCUT2D eigenvalue weighted by atomic mass is 19.3. The van der Waals surface area contributed by atoms with Gasteiger partial charge in [0, 0.05) is 10.9 Å². The number of carboxylic acids is 1. The highest BCUT2D eigenvalue weighted by Crippen LogP contribution is 2.31. The fraction of sp³-hybridized carbons (Fsp3) is 0.167. The molecule has 100 valence electrons. The minimum Gasteiger partial charge on any atom is -0.477 e. The molecular weight excluding hydrogens is 263 g/mol. The lowest BCUT2D eigenvalue weighted by Crippen LogP contribution is -2.33. The second kappa shape index (κ2) is 4.11. The molecule has 2 aromatic rings. The van der Waals surface area contributed by atoms with Gasteiger partial charge in [-0.15, -0.1) is 0 Å². The van der Waals surface area contributed by atoms with Gasteiger partial charge in [-0.3, -0.25) is 4.79 Å². The van der Waals surface area contributed by atoms with Crippen LogP contribution in [0.2, 0.25) is 0 Å². The Morgan fingerprint density at radius 3 is 2.58 bits per heavy atom. The number of nitrogens with one attached hydrogen (secondary N) is 1. The van der Waals surface area contributed by atoms with Crippen LogP contribution in [0, 0.1) is 12.7 Å². The number of aliphatic carboxylic acids is 1. The summed E-state index contributed by atoms with van der Waals surface area (Å²) in [6, 6.07) is 3.25. The van der Waals surface area contributed by atoms with Crippen LogP contribution in [-0.2, 0) is 10.7 Å². The number of aryl methyl sites for hydroxylation is 1. The first-order valence-corrected chi connectivity index (χ1v) is 5.19. The summed E-state index contributed by atoms with van der Waals surface area (Å²) in [6.07, 6.45) is 0. The summed E-state index contributed by atoms with van der Waals surface area (Å²) in [4.78, 5) is 24.3. The van der Waals surface area contributed by atoms with Crippen LogP contribution in [0.5, 0.6) is 0 Å². The van der Waals surface area contributed by atoms with Gasteiger partial charge in [0.1, 0.15) is 11.4 Å². The second-order valence-electron chi connectivity index (χ2n) is 4.02. The molecule has 1 aromatic carbocycles. The Labute approximate surface area is 104 Å². The molecule has 0 aliphatic heterocycles. The van der Waals surface area contributed by atoms with E-state index in [0.29, 0.717) is 0 Å². The lowest BCUT2D eigenvalue weighted by molar-refractivity contribution is -0.166. The second-order valence-corrected chi connectivity index (χ2v) is 4.02. The normalized spacial score (nSPS) is 11.8. The van der Waals surface area contributed by atoms with Gasteiger partial charge in [0.05, 0.1) is 0 Å². The van der Waals surface area contributed by atoms with Crippen molar-refractivity contribution in [1.82, 2.24) is 4.98 Å². The van der Waals surface area contributed by atoms with E-state index in [1.54, 1.807) is 0 Å². The number of hydrogen-bond donors (Lipinski definition) is 2. The highest BCUT2D eigenvalue weighted by Gasteiger charge is 2.45. The van der Waals surface area contributed by atoms with Crippen molar-refractivity contribution >= 4 is 16.9 Å². The smallest absolute Gasteiger partial charge is 0.379 e. The Kier molecular flexibility index (Phi) is 2.84. The maximum atomic E-state index is 13.5. The summed E-state index contributed by atoms with van der Waals surface area (Å²) in [6.45, 7) is 1.16. The number of H-pyrrole nitrogens is 1. The fourth-order valence-electron chi connectivity index (χ4n) is 1.91. The maximum absolute atomic E-state index is 13.5. The van der Waals surface area contributed by atoms with Crippen LogP contribution in [0.3, 0.4) is 0 Å². The van der Waals surface area contributed by atoms with Gasteiger partial charge in [-0.05, 0) is 30.7 Å². The number of aromatic nitrogens is 1. The Hall–Kier alpha value is -2.31. The Bertz CT molecular complexity index is 737. The predicted octanol–water partition coefficient (Wildman–Crippen LogP) is 2.15. The molecule has 0 bridgehead atoms. The third kappa shape index (κ3) is 1.96. The number of benzene rings is 1. The van der Waals surface area contributed by atoms with Gasteiger partial charge >= 0.3 is 11.9 Å². The molecule has 0 amide bonds. The van der Waals surface area contributed by atoms with Gasteiger partial charge in [0.15, 0.2) is 0 Å². The SMILES string of the molecule is Cc1c(C(F)(F)C(=O)O)c(=O)[nH]c2ccc(F)cc12. The molecule has 0 radical (unpaired) electrons. The molecule has 0 atom stereocenters. The third-order valence-electron chi connectivity index (χ3n) is 2.82. The van der Waals surface area contributed by atoms with Gasteiger partial charge in [-0.25, -0.2) is 9.18 Å². The Morgan fingerprint density at radius 1 is 1.37 bits per heavy atom. The molecule has 0 aliphatic rings. The van der Waals surface area contributed by atoms with Crippen LogP contribution in [0.15, 0.2) is 23.0 Å². The van der Waals surface area contributed by atoms with Crippen molar-refractivity contribution < 1.29 is 23.1 Å². The molecule has 2 N–H and O–H groups in total. The van der Waals surface area contributed by atoms with E-state index >= 15 is 0 Å². The zero-order valence-electron chi connectivity index (χ0n) is 9.63. The third-order valence-corrected chi connectivity index (χ3v) is 2.82. The zero-order chi connectivity index (χ0) is 14.4. The monoisotopic (exact) mass is 271 g/mol. The van der Waals surface area contributed by atoms with Crippen LogP contribution in [0.25, 0.3) is 10.9 Å². The van der Waals surface area contributed by atoms with E-state index in [0.717, 1.165) is 19.1 Å². The minimum absolute atomic E-state index is 0.0375. The van der Waals surface area contributed by atoms with Crippen molar-refractivity contribution in [3.63, 3.8) is 0 Å². The van der Waals surface area contributed by atoms with E-state index in [9.17, 15) is 22.8 Å². The largest absolute Gasteiger partial charge is 0.477 e. The summed E-state index contributed by atoms with van der Waals surface area (Å²) < 4.78 is 40.1. The lowest BCUT2D eigenvalue weighted by atomic mass is 10.00. The summed E-state index contributed by atoms with van der Waals surface area (Å²) in [7, 11) is 0. The van der Waals surface area contributed by atoms with Gasteiger partial charge in [-0.1, -0.05) is 0 Å². The van der Waals surface area contributed by atoms with E-state index in [1.165, 1.54) is 6.07 Å². The van der Waals surface area contributed by atoms with Crippen LogP contribution < -0.4 is 5.56 Å². The average molecular weight is 271 g/mol. The summed E-state index contributed by atoms with van der Waals surface area (Å²) >= 11 is 0. The van der Waals surface area contributed by atoms with Crippen LogP contribution >= 0.6 is 0 Å². The molecule has 0 saturated heterocycles. The van der Waals surface area contributed by atoms with E-state index in [4.69, 9.17) is 5.11 Å². The quantitative estimate of drug-likeness (QED) is 0.879. The molecule has 7 heteroatoms. The van der Waals surface area contributed by atoms with Gasteiger partial charge in [-0.2, -0.15) is 8.78 Å². The molecule has 4 nitrogen and oxygen atoms in total. The topological polar surface area (TPSA) is 70.2 Å². The molecule has 2 rings (SSSR count). The van der Waals surface area contributed by atoms with Crippen molar-refractivity contribution in [2.45, 2.75) is 12.8 Å². The summed E-state index contributed by atoms with van der Waals surface area (Å²) in [5.41, 5.74) is -2.48. The van der Waals surface area contributed by atoms with Crippen molar-refractivity contribution in [2.24, 2.45) is 0 Å². The zero-order valence-corrected chi connectivity index (χ0v) is 9.63. The van der Waals surface area contributed by atoms with Gasteiger partial charge in [0.2, 0.25) is 0 Å². The maximum Gasteiger partial charge on any atom is 0.379 e. The van der Waals surface area contributed by atoms with Crippen LogP contribution in [-0.4, -0.2) is 16.1 Å². The predicted molar refractivity (Wildman–Crippen MR) is 60.8 cm³/mol. The van der Waals surface area contributed by atoms with Crippen molar-refractivity contribution in [3.05, 3.63) is 45.5 Å². The highest BCUT2D eigenvalue weighted by molar-refractivity contribution is 5.86. The number of alkyl halides is 2. The molecule has 0 spiro atoms. The first-order chi connectivity index (χ1) is 8.75. The van der Waals surface area contributed by atoms with Crippen LogP contribution in [0.1, 0.15) is 11.1 Å². The molecule has 0 unspecified atom stereocenters. The number of hydrogen-bond acceptors (Lipinski definition) is 2. The Morgan fingerprint density at radius 2 is 2.00 bits per heavy atom. The number of aromatic amines is 1. The number of carboxylic acid groups (broad SMARTS) is 1. The van der Waals surface area contributed by atoms with E-state index < -0.39 is 28.8 Å². The van der Waals surface area contributed by atoms with E-state index in [1.807, 2.05) is 0 Å². The van der Waals surface area contributed by atoms with E-state index in [-0.39, 0.29) is 16.5 Å². The molecule has 1 aromatic heterocycles. The number of fused-ring (bicyclic) bond motifs is 1.